The Labute approximate surface area is 122 Å². The van der Waals surface area contributed by atoms with Crippen molar-refractivity contribution in [3.8, 4) is 0 Å². The van der Waals surface area contributed by atoms with E-state index in [0.29, 0.717) is 18.5 Å². The molecule has 0 radical (unpaired) electrons. The number of hydrogen-bond donors (Lipinski definition) is 1. The smallest absolute Gasteiger partial charge is 0.303 e. The lowest BCUT2D eigenvalue weighted by atomic mass is 10.2. The third kappa shape index (κ3) is 4.10. The fourth-order valence-corrected chi connectivity index (χ4v) is 1.91. The SMILES string of the molecule is O=C(O)CCCN(C(=O)c1cncnc1)c1ccccc1. The third-order valence-electron chi connectivity index (χ3n) is 2.89. The molecule has 1 amide bonds. The van der Waals surface area contributed by atoms with Crippen LogP contribution in [0.25, 0.3) is 0 Å². The van der Waals surface area contributed by atoms with Crippen molar-refractivity contribution < 1.29 is 14.7 Å². The van der Waals surface area contributed by atoms with Crippen LogP contribution in [-0.2, 0) is 4.79 Å². The maximum atomic E-state index is 12.5. The number of carboxylic acid groups (broad SMARTS) is 1. The third-order valence-corrected chi connectivity index (χ3v) is 2.89. The summed E-state index contributed by atoms with van der Waals surface area (Å²) in [5.41, 5.74) is 1.09. The molecule has 21 heavy (non-hydrogen) atoms. The predicted octanol–water partition coefficient (Wildman–Crippen LogP) is 1.99. The summed E-state index contributed by atoms with van der Waals surface area (Å²) < 4.78 is 0. The number of para-hydroxylation sites is 1. The molecule has 1 aromatic heterocycles. The number of nitrogens with zero attached hydrogens (tertiary/aromatic N) is 3. The highest BCUT2D eigenvalue weighted by Gasteiger charge is 2.18. The summed E-state index contributed by atoms with van der Waals surface area (Å²) in [5, 5.41) is 8.73. The number of amides is 1. The van der Waals surface area contributed by atoms with Crippen molar-refractivity contribution in [1.82, 2.24) is 9.97 Å². The van der Waals surface area contributed by atoms with Crippen LogP contribution in [0, 0.1) is 0 Å². The molecule has 2 rings (SSSR count). The van der Waals surface area contributed by atoms with Crippen LogP contribution in [0.15, 0.2) is 49.1 Å². The van der Waals surface area contributed by atoms with Crippen molar-refractivity contribution in [3.63, 3.8) is 0 Å². The number of anilines is 1. The Morgan fingerprint density at radius 3 is 2.38 bits per heavy atom. The average Bonchev–Trinajstić information content (AvgIpc) is 2.52. The first-order valence-corrected chi connectivity index (χ1v) is 6.52. The van der Waals surface area contributed by atoms with Crippen molar-refractivity contribution in [3.05, 3.63) is 54.6 Å². The minimum absolute atomic E-state index is 0.0158. The highest BCUT2D eigenvalue weighted by Crippen LogP contribution is 2.17. The lowest BCUT2D eigenvalue weighted by Gasteiger charge is -2.22. The molecule has 1 heterocycles. The zero-order chi connectivity index (χ0) is 15.1. The lowest BCUT2D eigenvalue weighted by Crippen LogP contribution is -2.32. The number of aromatic nitrogens is 2. The molecular formula is C15H15N3O3. The number of carbonyl (C=O) groups is 2. The highest BCUT2D eigenvalue weighted by atomic mass is 16.4. The van der Waals surface area contributed by atoms with E-state index < -0.39 is 5.97 Å². The molecule has 6 nitrogen and oxygen atoms in total. The van der Waals surface area contributed by atoms with Gasteiger partial charge in [-0.25, -0.2) is 9.97 Å². The molecule has 0 spiro atoms. The molecule has 0 aliphatic rings. The Morgan fingerprint density at radius 2 is 1.76 bits per heavy atom. The van der Waals surface area contributed by atoms with Crippen molar-refractivity contribution in [2.75, 3.05) is 11.4 Å². The molecule has 1 aromatic carbocycles. The van der Waals surface area contributed by atoms with Gasteiger partial charge in [-0.1, -0.05) is 18.2 Å². The van der Waals surface area contributed by atoms with E-state index in [0.717, 1.165) is 5.69 Å². The van der Waals surface area contributed by atoms with Crippen LogP contribution in [-0.4, -0.2) is 33.5 Å². The van der Waals surface area contributed by atoms with Crippen molar-refractivity contribution in [2.24, 2.45) is 0 Å². The average molecular weight is 285 g/mol. The summed E-state index contributed by atoms with van der Waals surface area (Å²) in [7, 11) is 0. The minimum atomic E-state index is -0.876. The maximum Gasteiger partial charge on any atom is 0.303 e. The van der Waals surface area contributed by atoms with Gasteiger partial charge in [0.1, 0.15) is 6.33 Å². The van der Waals surface area contributed by atoms with Crippen LogP contribution in [0.1, 0.15) is 23.2 Å². The van der Waals surface area contributed by atoms with Crippen LogP contribution >= 0.6 is 0 Å². The summed E-state index contributed by atoms with van der Waals surface area (Å²) in [6.07, 6.45) is 4.64. The molecule has 0 atom stereocenters. The summed E-state index contributed by atoms with van der Waals surface area (Å²) >= 11 is 0. The number of rotatable bonds is 6. The lowest BCUT2D eigenvalue weighted by molar-refractivity contribution is -0.137. The van der Waals surface area contributed by atoms with Gasteiger partial charge in [-0.15, -0.1) is 0 Å². The first-order chi connectivity index (χ1) is 10.2. The standard InChI is InChI=1S/C15H15N3O3/c19-14(20)7-4-8-18(13-5-2-1-3-6-13)15(21)12-9-16-11-17-10-12/h1-3,5-6,9-11H,4,7-8H2,(H,19,20). The van der Waals surface area contributed by atoms with E-state index in [2.05, 4.69) is 9.97 Å². The van der Waals surface area contributed by atoms with Gasteiger partial charge in [0.15, 0.2) is 0 Å². The van der Waals surface area contributed by atoms with Crippen LogP contribution in [0.2, 0.25) is 0 Å². The van der Waals surface area contributed by atoms with E-state index in [1.54, 1.807) is 4.90 Å². The molecule has 0 aliphatic carbocycles. The molecule has 1 N–H and O–H groups in total. The molecule has 0 fully saturated rings. The van der Waals surface area contributed by atoms with Gasteiger partial charge >= 0.3 is 5.97 Å². The van der Waals surface area contributed by atoms with Crippen LogP contribution < -0.4 is 4.90 Å². The second-order valence-electron chi connectivity index (χ2n) is 4.42. The van der Waals surface area contributed by atoms with Gasteiger partial charge in [0.05, 0.1) is 5.56 Å². The van der Waals surface area contributed by atoms with E-state index >= 15 is 0 Å². The monoisotopic (exact) mass is 285 g/mol. The molecule has 108 valence electrons. The number of hydrogen-bond acceptors (Lipinski definition) is 4. The van der Waals surface area contributed by atoms with Gasteiger partial charge in [-0.3, -0.25) is 9.59 Å². The van der Waals surface area contributed by atoms with E-state index in [1.165, 1.54) is 18.7 Å². The normalized spacial score (nSPS) is 10.1. The fraction of sp³-hybridized carbons (Fsp3) is 0.200. The van der Waals surface area contributed by atoms with Gasteiger partial charge in [0.25, 0.3) is 5.91 Å². The number of carboxylic acids is 1. The first kappa shape index (κ1) is 14.6. The highest BCUT2D eigenvalue weighted by molar-refractivity contribution is 6.05. The van der Waals surface area contributed by atoms with E-state index in [9.17, 15) is 9.59 Å². The van der Waals surface area contributed by atoms with Gasteiger partial charge < -0.3 is 10.0 Å². The maximum absolute atomic E-state index is 12.5. The van der Waals surface area contributed by atoms with Crippen molar-refractivity contribution >= 4 is 17.6 Å². The van der Waals surface area contributed by atoms with E-state index in [4.69, 9.17) is 5.11 Å². The predicted molar refractivity (Wildman–Crippen MR) is 77.0 cm³/mol. The summed E-state index contributed by atoms with van der Waals surface area (Å²) in [5.74, 6) is -1.12. The largest absolute Gasteiger partial charge is 0.481 e. The second-order valence-corrected chi connectivity index (χ2v) is 4.42. The zero-order valence-electron chi connectivity index (χ0n) is 11.3. The Balaban J connectivity index is 2.19. The number of carbonyl (C=O) groups excluding carboxylic acids is 1. The summed E-state index contributed by atoms with van der Waals surface area (Å²) in [6, 6.07) is 9.13. The van der Waals surface area contributed by atoms with Gasteiger partial charge in [-0.2, -0.15) is 0 Å². The van der Waals surface area contributed by atoms with Crippen molar-refractivity contribution in [1.29, 1.82) is 0 Å². The number of aliphatic carboxylic acids is 1. The Morgan fingerprint density at radius 1 is 1.10 bits per heavy atom. The van der Waals surface area contributed by atoms with Crippen LogP contribution in [0.5, 0.6) is 0 Å². The van der Waals surface area contributed by atoms with Crippen LogP contribution in [0.3, 0.4) is 0 Å². The molecule has 0 bridgehead atoms. The molecule has 0 unspecified atom stereocenters. The van der Waals surface area contributed by atoms with Gasteiger partial charge in [-0.05, 0) is 18.6 Å². The fourth-order valence-electron chi connectivity index (χ4n) is 1.91. The summed E-state index contributed by atoms with van der Waals surface area (Å²) in [4.78, 5) is 32.4. The molecule has 2 aromatic rings. The van der Waals surface area contributed by atoms with E-state index in [1.807, 2.05) is 30.3 Å². The molecule has 0 aliphatic heterocycles. The van der Waals surface area contributed by atoms with Gasteiger partial charge in [0.2, 0.25) is 0 Å². The molecular weight excluding hydrogens is 270 g/mol. The quantitative estimate of drug-likeness (QED) is 0.877. The second kappa shape index (κ2) is 7.14. The molecule has 6 heteroatoms. The molecule has 0 saturated heterocycles. The topological polar surface area (TPSA) is 83.4 Å². The number of benzene rings is 1. The first-order valence-electron chi connectivity index (χ1n) is 6.52. The zero-order valence-corrected chi connectivity index (χ0v) is 11.3. The van der Waals surface area contributed by atoms with Crippen molar-refractivity contribution in [2.45, 2.75) is 12.8 Å². The minimum Gasteiger partial charge on any atom is -0.481 e. The Hall–Kier alpha value is -2.76. The Kier molecular flexibility index (Phi) is 4.98. The summed E-state index contributed by atoms with van der Waals surface area (Å²) in [6.45, 7) is 0.323. The Bertz CT molecular complexity index is 602. The van der Waals surface area contributed by atoms with Crippen LogP contribution in [0.4, 0.5) is 5.69 Å². The molecule has 0 saturated carbocycles. The van der Waals surface area contributed by atoms with Gasteiger partial charge in [0, 0.05) is 31.0 Å². The van der Waals surface area contributed by atoms with E-state index in [-0.39, 0.29) is 12.3 Å².